The molecule has 0 atom stereocenters. The summed E-state index contributed by atoms with van der Waals surface area (Å²) in [5.41, 5.74) is 3.81. The number of rotatable bonds is 3. The minimum absolute atomic E-state index is 0.0514. The summed E-state index contributed by atoms with van der Waals surface area (Å²) in [6, 6.07) is 9.17. The maximum atomic E-state index is 15.1. The van der Waals surface area contributed by atoms with Crippen LogP contribution >= 0.6 is 0 Å². The Kier molecular flexibility index (Phi) is 3.93. The summed E-state index contributed by atoms with van der Waals surface area (Å²) >= 11 is 0. The number of H-pyrrole nitrogens is 1. The molecule has 150 valence electrons. The number of hydrogen-bond acceptors (Lipinski definition) is 4. The van der Waals surface area contributed by atoms with E-state index in [1.54, 1.807) is 17.2 Å². The monoisotopic (exact) mass is 401 g/mol. The highest BCUT2D eigenvalue weighted by atomic mass is 19.1. The largest absolute Gasteiger partial charge is 0.369 e. The zero-order valence-corrected chi connectivity index (χ0v) is 16.6. The number of amides is 1. The van der Waals surface area contributed by atoms with E-state index >= 15 is 4.39 Å². The third-order valence-electron chi connectivity index (χ3n) is 6.26. The van der Waals surface area contributed by atoms with Crippen molar-refractivity contribution >= 4 is 22.5 Å². The molecule has 2 aliphatic heterocycles. The topological polar surface area (TPSA) is 76.0 Å². The quantitative estimate of drug-likeness (QED) is 0.683. The summed E-state index contributed by atoms with van der Waals surface area (Å²) in [4.78, 5) is 15.6. The third kappa shape index (κ3) is 2.53. The molecule has 0 saturated carbocycles. The summed E-state index contributed by atoms with van der Waals surface area (Å²) in [6.45, 7) is 8.30. The Bertz CT molecular complexity index is 1240. The number of aryl methyl sites for hydroxylation is 1. The van der Waals surface area contributed by atoms with E-state index < -0.39 is 5.82 Å². The molecule has 6 nitrogen and oxygen atoms in total. The van der Waals surface area contributed by atoms with Crippen LogP contribution in [0.2, 0.25) is 0 Å². The first kappa shape index (κ1) is 18.4. The number of hydrogen-bond donors (Lipinski definition) is 1. The Balaban J connectivity index is 1.52. The normalized spacial score (nSPS) is 16.8. The van der Waals surface area contributed by atoms with Gasteiger partial charge in [0.15, 0.2) is 0 Å². The predicted molar refractivity (Wildman–Crippen MR) is 112 cm³/mol. The number of aromatic amines is 1. The highest BCUT2D eigenvalue weighted by Gasteiger charge is 2.53. The Morgan fingerprint density at radius 2 is 2.03 bits per heavy atom. The molecule has 1 N–H and O–H groups in total. The van der Waals surface area contributed by atoms with Gasteiger partial charge in [-0.05, 0) is 42.3 Å². The van der Waals surface area contributed by atoms with Crippen LogP contribution in [0.15, 0.2) is 43.1 Å². The highest BCUT2D eigenvalue weighted by molar-refractivity contribution is 5.99. The zero-order chi connectivity index (χ0) is 21.0. The van der Waals surface area contributed by atoms with Crippen molar-refractivity contribution in [3.8, 4) is 17.2 Å². The molecule has 3 aromatic rings. The lowest BCUT2D eigenvalue weighted by Crippen LogP contribution is -2.73. The molecule has 1 spiro atoms. The van der Waals surface area contributed by atoms with Gasteiger partial charge in [0.2, 0.25) is 5.91 Å². The van der Waals surface area contributed by atoms with E-state index in [2.05, 4.69) is 27.7 Å². The van der Waals surface area contributed by atoms with Gasteiger partial charge in [0, 0.05) is 42.5 Å². The second kappa shape index (κ2) is 6.42. The number of fused-ring (bicyclic) bond motifs is 1. The van der Waals surface area contributed by atoms with Crippen LogP contribution in [0.5, 0.6) is 0 Å². The molecule has 5 rings (SSSR count). The van der Waals surface area contributed by atoms with Crippen LogP contribution in [0.25, 0.3) is 22.0 Å². The summed E-state index contributed by atoms with van der Waals surface area (Å²) in [5, 5.41) is 17.8. The number of benzene rings is 2. The molecule has 30 heavy (non-hydrogen) atoms. The lowest BCUT2D eigenvalue weighted by atomic mass is 9.72. The number of nitriles is 1. The summed E-state index contributed by atoms with van der Waals surface area (Å²) < 4.78 is 15.1. The van der Waals surface area contributed by atoms with Gasteiger partial charge in [-0.1, -0.05) is 12.6 Å². The Morgan fingerprint density at radius 1 is 1.27 bits per heavy atom. The molecule has 2 aromatic carbocycles. The van der Waals surface area contributed by atoms with Gasteiger partial charge in [0.05, 0.1) is 23.0 Å². The SMILES string of the molecule is C=CC(=O)N1CC2(C1)CN(c1ccc(F)c(-c3c(C)ccc4[nH]ncc34)c1C#N)C2. The van der Waals surface area contributed by atoms with E-state index in [1.807, 2.05) is 19.1 Å². The molecule has 0 radical (unpaired) electrons. The van der Waals surface area contributed by atoms with Crippen LogP contribution in [0.4, 0.5) is 10.1 Å². The average molecular weight is 401 g/mol. The Hall–Kier alpha value is -3.66. The molecule has 2 fully saturated rings. The van der Waals surface area contributed by atoms with E-state index in [0.29, 0.717) is 29.8 Å². The van der Waals surface area contributed by atoms with E-state index in [9.17, 15) is 10.1 Å². The molecule has 3 heterocycles. The highest BCUT2D eigenvalue weighted by Crippen LogP contribution is 2.45. The van der Waals surface area contributed by atoms with Gasteiger partial charge in [0.1, 0.15) is 11.9 Å². The summed E-state index contributed by atoms with van der Waals surface area (Å²) in [6.07, 6.45) is 3.01. The smallest absolute Gasteiger partial charge is 0.245 e. The molecule has 2 aliphatic rings. The zero-order valence-electron chi connectivity index (χ0n) is 16.6. The van der Waals surface area contributed by atoms with E-state index in [1.165, 1.54) is 12.1 Å². The number of aromatic nitrogens is 2. The number of nitrogens with one attached hydrogen (secondary N) is 1. The van der Waals surface area contributed by atoms with Crippen molar-refractivity contribution in [2.75, 3.05) is 31.1 Å². The summed E-state index contributed by atoms with van der Waals surface area (Å²) in [7, 11) is 0. The van der Waals surface area contributed by atoms with Crippen molar-refractivity contribution in [2.45, 2.75) is 6.92 Å². The first-order chi connectivity index (χ1) is 14.5. The number of halogens is 1. The van der Waals surface area contributed by atoms with E-state index in [0.717, 1.165) is 35.2 Å². The van der Waals surface area contributed by atoms with Crippen LogP contribution < -0.4 is 4.90 Å². The molecule has 0 bridgehead atoms. The van der Waals surface area contributed by atoms with Crippen LogP contribution in [0.3, 0.4) is 0 Å². The first-order valence-electron chi connectivity index (χ1n) is 9.78. The van der Waals surface area contributed by atoms with Crippen LogP contribution in [-0.2, 0) is 4.79 Å². The standard InChI is InChI=1S/C23H20FN5O/c1-3-20(30)29-12-23(13-29)10-28(11-23)19-7-5-17(24)22(15(19)8-25)21-14(2)4-6-18-16(21)9-26-27-18/h3-7,9H,1,10-13H2,2H3,(H,26,27). The number of anilines is 1. The van der Waals surface area contributed by atoms with Crippen molar-refractivity contribution in [1.29, 1.82) is 5.26 Å². The lowest BCUT2D eigenvalue weighted by Gasteiger charge is -2.60. The lowest BCUT2D eigenvalue weighted by molar-refractivity contribution is -0.139. The van der Waals surface area contributed by atoms with Crippen LogP contribution in [-0.4, -0.2) is 47.2 Å². The van der Waals surface area contributed by atoms with Gasteiger partial charge in [0.25, 0.3) is 0 Å². The number of likely N-dealkylation sites (tertiary alicyclic amines) is 1. The predicted octanol–water partition coefficient (Wildman–Crippen LogP) is 3.38. The van der Waals surface area contributed by atoms with Gasteiger partial charge in [-0.3, -0.25) is 9.89 Å². The van der Waals surface area contributed by atoms with Crippen molar-refractivity contribution in [3.05, 3.63) is 60.1 Å². The van der Waals surface area contributed by atoms with Crippen molar-refractivity contribution in [2.24, 2.45) is 5.41 Å². The first-order valence-corrected chi connectivity index (χ1v) is 9.78. The van der Waals surface area contributed by atoms with E-state index in [-0.39, 0.29) is 11.3 Å². The van der Waals surface area contributed by atoms with Gasteiger partial charge in [-0.2, -0.15) is 10.4 Å². The van der Waals surface area contributed by atoms with Crippen molar-refractivity contribution in [3.63, 3.8) is 0 Å². The molecule has 0 unspecified atom stereocenters. The average Bonchev–Trinajstić information content (AvgIpc) is 3.15. The maximum Gasteiger partial charge on any atom is 0.245 e. The van der Waals surface area contributed by atoms with Gasteiger partial charge in [-0.15, -0.1) is 0 Å². The minimum Gasteiger partial charge on any atom is -0.369 e. The maximum absolute atomic E-state index is 15.1. The van der Waals surface area contributed by atoms with Crippen LogP contribution in [0.1, 0.15) is 11.1 Å². The molecule has 7 heteroatoms. The number of nitrogens with zero attached hydrogens (tertiary/aromatic N) is 4. The Morgan fingerprint density at radius 3 is 2.73 bits per heavy atom. The fourth-order valence-electron chi connectivity index (χ4n) is 4.83. The fraction of sp³-hybridized carbons (Fsp3) is 0.261. The third-order valence-corrected chi connectivity index (χ3v) is 6.26. The van der Waals surface area contributed by atoms with Crippen molar-refractivity contribution in [1.82, 2.24) is 15.1 Å². The molecule has 1 amide bonds. The molecule has 2 saturated heterocycles. The second-order valence-electron chi connectivity index (χ2n) is 8.27. The molecule has 0 aliphatic carbocycles. The number of carbonyl (C=O) groups excluding carboxylic acids is 1. The van der Waals surface area contributed by atoms with Gasteiger partial charge < -0.3 is 9.80 Å². The minimum atomic E-state index is -0.422. The van der Waals surface area contributed by atoms with Crippen molar-refractivity contribution < 1.29 is 9.18 Å². The molecule has 1 aromatic heterocycles. The second-order valence-corrected chi connectivity index (χ2v) is 8.27. The molecular weight excluding hydrogens is 381 g/mol. The Labute approximate surface area is 173 Å². The van der Waals surface area contributed by atoms with Gasteiger partial charge in [-0.25, -0.2) is 4.39 Å². The fourth-order valence-corrected chi connectivity index (χ4v) is 4.83. The summed E-state index contributed by atoms with van der Waals surface area (Å²) in [5.74, 6) is -0.474. The van der Waals surface area contributed by atoms with Gasteiger partial charge >= 0.3 is 0 Å². The molecular formula is C23H20FN5O. The number of carbonyl (C=O) groups is 1. The van der Waals surface area contributed by atoms with Crippen LogP contribution in [0, 0.1) is 29.5 Å². The van der Waals surface area contributed by atoms with E-state index in [4.69, 9.17) is 0 Å².